The lowest BCUT2D eigenvalue weighted by atomic mass is 10.1. The highest BCUT2D eigenvalue weighted by atomic mass is 16.5. The van der Waals surface area contributed by atoms with E-state index >= 15 is 0 Å². The Labute approximate surface area is 189 Å². The highest BCUT2D eigenvalue weighted by molar-refractivity contribution is 6.04. The third-order valence-electron chi connectivity index (χ3n) is 5.18. The average Bonchev–Trinajstić information content (AvgIpc) is 3.29. The number of hydrogen-bond donors (Lipinski definition) is 2. The number of amides is 2. The summed E-state index contributed by atoms with van der Waals surface area (Å²) in [6.07, 6.45) is 0. The van der Waals surface area contributed by atoms with Gasteiger partial charge in [0.15, 0.2) is 12.4 Å². The van der Waals surface area contributed by atoms with Gasteiger partial charge < -0.3 is 19.8 Å². The highest BCUT2D eigenvalue weighted by Gasteiger charge is 2.12. The van der Waals surface area contributed by atoms with E-state index in [2.05, 4.69) is 10.6 Å². The fraction of sp³-hybridized carbons (Fsp3) is 0.0370. The van der Waals surface area contributed by atoms with Crippen molar-refractivity contribution in [3.05, 3.63) is 103 Å². The summed E-state index contributed by atoms with van der Waals surface area (Å²) in [5, 5.41) is 8.46. The van der Waals surface area contributed by atoms with Crippen molar-refractivity contribution >= 4 is 44.9 Å². The minimum atomic E-state index is -0.341. The van der Waals surface area contributed by atoms with Crippen molar-refractivity contribution in [3.63, 3.8) is 0 Å². The SMILES string of the molecule is O=C(COc1cccc2ccccc12)Nc1ccc(NC(=O)c2cc3ccccc3o2)cc1. The van der Waals surface area contributed by atoms with Crippen molar-refractivity contribution < 1.29 is 18.7 Å². The van der Waals surface area contributed by atoms with Gasteiger partial charge in [-0.3, -0.25) is 9.59 Å². The van der Waals surface area contributed by atoms with Gasteiger partial charge in [0, 0.05) is 22.1 Å². The number of anilines is 2. The molecule has 0 saturated heterocycles. The number of ether oxygens (including phenoxy) is 1. The molecule has 1 aromatic heterocycles. The number of benzene rings is 4. The summed E-state index contributed by atoms with van der Waals surface area (Å²) in [5.74, 6) is 0.277. The topological polar surface area (TPSA) is 80.6 Å². The molecule has 0 aliphatic rings. The van der Waals surface area contributed by atoms with Crippen LogP contribution < -0.4 is 15.4 Å². The first-order chi connectivity index (χ1) is 16.2. The monoisotopic (exact) mass is 436 g/mol. The van der Waals surface area contributed by atoms with E-state index in [0.717, 1.165) is 16.2 Å². The Morgan fingerprint density at radius 1 is 0.727 bits per heavy atom. The molecule has 4 aromatic carbocycles. The number of nitrogens with one attached hydrogen (secondary N) is 2. The van der Waals surface area contributed by atoms with E-state index in [1.807, 2.05) is 66.7 Å². The first-order valence-electron chi connectivity index (χ1n) is 10.5. The summed E-state index contributed by atoms with van der Waals surface area (Å²) in [6.45, 7) is -0.113. The van der Waals surface area contributed by atoms with Crippen molar-refractivity contribution in [2.75, 3.05) is 17.2 Å². The molecular formula is C27H20N2O4. The van der Waals surface area contributed by atoms with Gasteiger partial charge in [-0.05, 0) is 47.9 Å². The maximum absolute atomic E-state index is 12.5. The van der Waals surface area contributed by atoms with Gasteiger partial charge in [0.1, 0.15) is 11.3 Å². The molecule has 0 spiro atoms. The quantitative estimate of drug-likeness (QED) is 0.350. The molecule has 0 unspecified atom stereocenters. The number of fused-ring (bicyclic) bond motifs is 2. The first-order valence-corrected chi connectivity index (χ1v) is 10.5. The zero-order chi connectivity index (χ0) is 22.6. The number of rotatable bonds is 6. The van der Waals surface area contributed by atoms with E-state index in [0.29, 0.717) is 22.7 Å². The Kier molecular flexibility index (Phi) is 5.47. The van der Waals surface area contributed by atoms with Crippen LogP contribution in [-0.2, 0) is 4.79 Å². The fourth-order valence-corrected chi connectivity index (χ4v) is 3.59. The molecule has 0 saturated carbocycles. The van der Waals surface area contributed by atoms with E-state index in [1.165, 1.54) is 0 Å². The van der Waals surface area contributed by atoms with E-state index in [4.69, 9.17) is 9.15 Å². The summed E-state index contributed by atoms with van der Waals surface area (Å²) < 4.78 is 11.3. The third-order valence-corrected chi connectivity index (χ3v) is 5.18. The van der Waals surface area contributed by atoms with E-state index in [1.54, 1.807) is 30.3 Å². The predicted molar refractivity (Wildman–Crippen MR) is 129 cm³/mol. The summed E-state index contributed by atoms with van der Waals surface area (Å²) >= 11 is 0. The molecule has 33 heavy (non-hydrogen) atoms. The van der Waals surface area contributed by atoms with Crippen molar-refractivity contribution in [1.82, 2.24) is 0 Å². The van der Waals surface area contributed by atoms with Crippen molar-refractivity contribution in [1.29, 1.82) is 0 Å². The normalized spacial score (nSPS) is 10.8. The Morgan fingerprint density at radius 3 is 2.18 bits per heavy atom. The molecule has 0 aliphatic heterocycles. The first kappa shape index (κ1) is 20.3. The summed E-state index contributed by atoms with van der Waals surface area (Å²) in [4.78, 5) is 24.8. The van der Waals surface area contributed by atoms with Gasteiger partial charge >= 0.3 is 0 Å². The van der Waals surface area contributed by atoms with Crippen LogP contribution >= 0.6 is 0 Å². The molecule has 0 fully saturated rings. The second kappa shape index (κ2) is 8.88. The van der Waals surface area contributed by atoms with Crippen LogP contribution in [0.1, 0.15) is 10.6 Å². The number of furan rings is 1. The standard InChI is InChI=1S/C27H20N2O4/c30-26(17-32-24-11-5-8-18-6-1-3-9-22(18)24)28-20-12-14-21(15-13-20)29-27(31)25-16-19-7-2-4-10-23(19)33-25/h1-16H,17H2,(H,28,30)(H,29,31). The molecule has 0 atom stereocenters. The van der Waals surface area contributed by atoms with Crippen molar-refractivity contribution in [2.45, 2.75) is 0 Å². The number of carbonyl (C=O) groups is 2. The van der Waals surface area contributed by atoms with Gasteiger partial charge in [0.05, 0.1) is 0 Å². The molecule has 162 valence electrons. The van der Waals surface area contributed by atoms with E-state index in [-0.39, 0.29) is 24.2 Å². The highest BCUT2D eigenvalue weighted by Crippen LogP contribution is 2.25. The Hall–Kier alpha value is -4.58. The predicted octanol–water partition coefficient (Wildman–Crippen LogP) is 5.86. The zero-order valence-corrected chi connectivity index (χ0v) is 17.6. The second-order valence-corrected chi connectivity index (χ2v) is 7.49. The molecule has 0 aliphatic carbocycles. The average molecular weight is 436 g/mol. The second-order valence-electron chi connectivity index (χ2n) is 7.49. The van der Waals surface area contributed by atoms with Crippen LogP contribution in [0.4, 0.5) is 11.4 Å². The minimum Gasteiger partial charge on any atom is -0.483 e. The van der Waals surface area contributed by atoms with Crippen LogP contribution in [0.25, 0.3) is 21.7 Å². The van der Waals surface area contributed by atoms with E-state index in [9.17, 15) is 9.59 Å². The Bertz CT molecular complexity index is 1420. The van der Waals surface area contributed by atoms with Crippen LogP contribution in [0.2, 0.25) is 0 Å². The van der Waals surface area contributed by atoms with Gasteiger partial charge in [0.2, 0.25) is 0 Å². The van der Waals surface area contributed by atoms with Crippen LogP contribution in [0, 0.1) is 0 Å². The molecule has 6 nitrogen and oxygen atoms in total. The Balaban J connectivity index is 1.18. The minimum absolute atomic E-state index is 0.113. The fourth-order valence-electron chi connectivity index (χ4n) is 3.59. The molecular weight excluding hydrogens is 416 g/mol. The van der Waals surface area contributed by atoms with Gasteiger partial charge in [0.25, 0.3) is 11.8 Å². The van der Waals surface area contributed by atoms with Gasteiger partial charge in [-0.15, -0.1) is 0 Å². The van der Waals surface area contributed by atoms with Gasteiger partial charge in [-0.25, -0.2) is 0 Å². The summed E-state index contributed by atoms with van der Waals surface area (Å²) in [6, 6.07) is 29.6. The summed E-state index contributed by atoms with van der Waals surface area (Å²) in [7, 11) is 0. The van der Waals surface area contributed by atoms with E-state index < -0.39 is 0 Å². The van der Waals surface area contributed by atoms with Crippen molar-refractivity contribution in [2.24, 2.45) is 0 Å². The number of para-hydroxylation sites is 1. The maximum Gasteiger partial charge on any atom is 0.291 e. The molecule has 0 bridgehead atoms. The lowest BCUT2D eigenvalue weighted by molar-refractivity contribution is -0.118. The Morgan fingerprint density at radius 2 is 1.39 bits per heavy atom. The van der Waals surface area contributed by atoms with Crippen LogP contribution in [0.5, 0.6) is 5.75 Å². The van der Waals surface area contributed by atoms with Crippen molar-refractivity contribution in [3.8, 4) is 5.75 Å². The number of hydrogen-bond acceptors (Lipinski definition) is 4. The molecule has 0 radical (unpaired) electrons. The van der Waals surface area contributed by atoms with Crippen LogP contribution in [0.15, 0.2) is 101 Å². The van der Waals surface area contributed by atoms with Crippen LogP contribution in [0.3, 0.4) is 0 Å². The molecule has 1 heterocycles. The third kappa shape index (κ3) is 4.55. The zero-order valence-electron chi connectivity index (χ0n) is 17.6. The van der Waals surface area contributed by atoms with Gasteiger partial charge in [-0.1, -0.05) is 54.6 Å². The number of carbonyl (C=O) groups excluding carboxylic acids is 2. The van der Waals surface area contributed by atoms with Gasteiger partial charge in [-0.2, -0.15) is 0 Å². The molecule has 2 N–H and O–H groups in total. The smallest absolute Gasteiger partial charge is 0.291 e. The molecule has 5 rings (SSSR count). The molecule has 5 aromatic rings. The lowest BCUT2D eigenvalue weighted by Crippen LogP contribution is -2.20. The lowest BCUT2D eigenvalue weighted by Gasteiger charge is -2.10. The largest absolute Gasteiger partial charge is 0.483 e. The maximum atomic E-state index is 12.5. The molecule has 2 amide bonds. The molecule has 6 heteroatoms. The van der Waals surface area contributed by atoms with Crippen LogP contribution in [-0.4, -0.2) is 18.4 Å². The summed E-state index contributed by atoms with van der Waals surface area (Å²) in [5.41, 5.74) is 1.85.